The van der Waals surface area contributed by atoms with Crippen LogP contribution in [0, 0.1) is 11.3 Å². The van der Waals surface area contributed by atoms with Crippen LogP contribution < -0.4 is 0 Å². The Labute approximate surface area is 144 Å². The number of hydrogen-bond donors (Lipinski definition) is 1. The highest BCUT2D eigenvalue weighted by molar-refractivity contribution is 5.85. The van der Waals surface area contributed by atoms with Gasteiger partial charge in [0.25, 0.3) is 0 Å². The predicted octanol–water partition coefficient (Wildman–Crippen LogP) is 2.39. The molecule has 0 spiro atoms. The summed E-state index contributed by atoms with van der Waals surface area (Å²) in [5.41, 5.74) is -0.580. The molecule has 1 amide bonds. The van der Waals surface area contributed by atoms with Crippen molar-refractivity contribution < 1.29 is 14.7 Å². The number of likely N-dealkylation sites (N-methyl/N-ethyl adjacent to an activating group) is 1. The van der Waals surface area contributed by atoms with Crippen molar-refractivity contribution in [1.29, 1.82) is 0 Å². The summed E-state index contributed by atoms with van der Waals surface area (Å²) in [5.74, 6) is -0.268. The molecule has 3 aliphatic rings. The Morgan fingerprint density at radius 3 is 2.48 bits per heavy atom. The van der Waals surface area contributed by atoms with E-state index in [1.54, 1.807) is 0 Å². The van der Waals surface area contributed by atoms with E-state index in [-0.39, 0.29) is 24.2 Å². The van der Waals surface area contributed by atoms with Crippen molar-refractivity contribution >= 4 is 24.3 Å². The molecular formula is C17H29ClN2O3. The van der Waals surface area contributed by atoms with Gasteiger partial charge in [0, 0.05) is 26.2 Å². The molecule has 6 heteroatoms. The first-order chi connectivity index (χ1) is 10.5. The first-order valence-electron chi connectivity index (χ1n) is 8.74. The van der Waals surface area contributed by atoms with Gasteiger partial charge in [0.05, 0.1) is 12.0 Å². The van der Waals surface area contributed by atoms with Crippen LogP contribution in [0.1, 0.15) is 51.4 Å². The Kier molecular flexibility index (Phi) is 5.95. The topological polar surface area (TPSA) is 60.9 Å². The number of nitrogens with zero attached hydrogens (tertiary/aromatic N) is 2. The van der Waals surface area contributed by atoms with Crippen LogP contribution in [0.2, 0.25) is 0 Å². The van der Waals surface area contributed by atoms with Crippen molar-refractivity contribution in [2.24, 2.45) is 11.3 Å². The number of rotatable bonds is 4. The minimum atomic E-state index is -0.661. The fraction of sp³-hybridized carbons (Fsp3) is 0.882. The number of carboxylic acid groups (broad SMARTS) is 1. The zero-order valence-corrected chi connectivity index (χ0v) is 14.8. The van der Waals surface area contributed by atoms with Crippen molar-refractivity contribution in [2.75, 3.05) is 26.7 Å². The van der Waals surface area contributed by atoms with E-state index in [0.29, 0.717) is 19.1 Å². The van der Waals surface area contributed by atoms with Gasteiger partial charge >= 0.3 is 5.97 Å². The molecule has 1 N–H and O–H groups in total. The van der Waals surface area contributed by atoms with Gasteiger partial charge in [-0.2, -0.15) is 0 Å². The molecule has 0 radical (unpaired) electrons. The molecule has 2 saturated carbocycles. The van der Waals surface area contributed by atoms with Gasteiger partial charge in [-0.05, 0) is 31.6 Å². The Morgan fingerprint density at radius 1 is 1.17 bits per heavy atom. The average molecular weight is 345 g/mol. The molecule has 3 rings (SSSR count). The lowest BCUT2D eigenvalue weighted by Crippen LogP contribution is -2.44. The fourth-order valence-corrected chi connectivity index (χ4v) is 4.84. The Hall–Kier alpha value is -0.810. The normalized spacial score (nSPS) is 31.4. The maximum absolute atomic E-state index is 12.5. The smallest absolute Gasteiger partial charge is 0.311 e. The summed E-state index contributed by atoms with van der Waals surface area (Å²) in [7, 11) is 1.92. The maximum Gasteiger partial charge on any atom is 0.311 e. The number of hydrogen-bond acceptors (Lipinski definition) is 3. The summed E-state index contributed by atoms with van der Waals surface area (Å²) in [6, 6.07) is 0.386. The second kappa shape index (κ2) is 7.39. The van der Waals surface area contributed by atoms with Crippen LogP contribution in [-0.4, -0.2) is 59.5 Å². The number of carbonyl (C=O) groups is 2. The molecule has 1 heterocycles. The molecule has 0 aromatic heterocycles. The van der Waals surface area contributed by atoms with E-state index in [2.05, 4.69) is 4.90 Å². The minimum absolute atomic E-state index is 0. The summed E-state index contributed by atoms with van der Waals surface area (Å²) in [4.78, 5) is 28.2. The summed E-state index contributed by atoms with van der Waals surface area (Å²) in [6.07, 6.45) is 8.74. The number of halogens is 1. The summed E-state index contributed by atoms with van der Waals surface area (Å²) in [5, 5.41) is 9.62. The first kappa shape index (κ1) is 18.5. The van der Waals surface area contributed by atoms with Gasteiger partial charge in [-0.1, -0.05) is 25.7 Å². The van der Waals surface area contributed by atoms with E-state index in [4.69, 9.17) is 0 Å². The van der Waals surface area contributed by atoms with Crippen molar-refractivity contribution in [1.82, 2.24) is 9.80 Å². The van der Waals surface area contributed by atoms with Crippen LogP contribution in [0.15, 0.2) is 0 Å². The van der Waals surface area contributed by atoms with Crippen LogP contribution in [-0.2, 0) is 9.59 Å². The minimum Gasteiger partial charge on any atom is -0.481 e. The van der Waals surface area contributed by atoms with Crippen molar-refractivity contribution in [3.8, 4) is 0 Å². The van der Waals surface area contributed by atoms with Gasteiger partial charge in [-0.25, -0.2) is 0 Å². The molecular weight excluding hydrogens is 316 g/mol. The molecule has 2 aliphatic carbocycles. The van der Waals surface area contributed by atoms with Crippen molar-refractivity contribution in [3.05, 3.63) is 0 Å². The summed E-state index contributed by atoms with van der Waals surface area (Å²) < 4.78 is 0. The summed E-state index contributed by atoms with van der Waals surface area (Å²) in [6.45, 7) is 1.71. The van der Waals surface area contributed by atoms with Gasteiger partial charge in [-0.3, -0.25) is 14.5 Å². The molecule has 1 aliphatic heterocycles. The largest absolute Gasteiger partial charge is 0.481 e. The highest BCUT2D eigenvalue weighted by Crippen LogP contribution is 2.48. The number of likely N-dealkylation sites (tertiary alicyclic amines) is 1. The van der Waals surface area contributed by atoms with E-state index in [0.717, 1.165) is 38.6 Å². The fourth-order valence-electron chi connectivity index (χ4n) is 4.84. The number of fused-ring (bicyclic) bond motifs is 1. The molecule has 0 unspecified atom stereocenters. The zero-order chi connectivity index (χ0) is 15.7. The molecule has 3 fully saturated rings. The van der Waals surface area contributed by atoms with Crippen LogP contribution >= 0.6 is 12.4 Å². The average Bonchev–Trinajstić information content (AvgIpc) is 3.05. The first-order valence-corrected chi connectivity index (χ1v) is 8.74. The SMILES string of the molecule is CN(C(=O)CN1C[C@@H]2CCC[C@@]2(C(=O)O)C1)C1CCCCC1.Cl. The number of amides is 1. The van der Waals surface area contributed by atoms with Gasteiger partial charge < -0.3 is 10.0 Å². The van der Waals surface area contributed by atoms with E-state index < -0.39 is 11.4 Å². The molecule has 0 bridgehead atoms. The third kappa shape index (κ3) is 3.50. The van der Waals surface area contributed by atoms with E-state index in [9.17, 15) is 14.7 Å². The third-order valence-corrected chi connectivity index (χ3v) is 6.24. The zero-order valence-electron chi connectivity index (χ0n) is 14.0. The molecule has 1 saturated heterocycles. The number of carbonyl (C=O) groups excluding carboxylic acids is 1. The second-order valence-electron chi connectivity index (χ2n) is 7.52. The predicted molar refractivity (Wildman–Crippen MR) is 90.7 cm³/mol. The lowest BCUT2D eigenvalue weighted by Gasteiger charge is -2.32. The van der Waals surface area contributed by atoms with Gasteiger partial charge in [-0.15, -0.1) is 12.4 Å². The van der Waals surface area contributed by atoms with Crippen LogP contribution in [0.5, 0.6) is 0 Å². The lowest BCUT2D eigenvalue weighted by atomic mass is 9.81. The molecule has 23 heavy (non-hydrogen) atoms. The molecule has 132 valence electrons. The highest BCUT2D eigenvalue weighted by atomic mass is 35.5. The molecule has 2 atom stereocenters. The van der Waals surface area contributed by atoms with Gasteiger partial charge in [0.15, 0.2) is 0 Å². The highest BCUT2D eigenvalue weighted by Gasteiger charge is 2.54. The maximum atomic E-state index is 12.5. The van der Waals surface area contributed by atoms with Crippen molar-refractivity contribution in [2.45, 2.75) is 57.4 Å². The van der Waals surface area contributed by atoms with E-state index in [1.807, 2.05) is 11.9 Å². The molecule has 5 nitrogen and oxygen atoms in total. The van der Waals surface area contributed by atoms with Crippen molar-refractivity contribution in [3.63, 3.8) is 0 Å². The van der Waals surface area contributed by atoms with Crippen LogP contribution in [0.25, 0.3) is 0 Å². The molecule has 0 aromatic rings. The van der Waals surface area contributed by atoms with Crippen LogP contribution in [0.3, 0.4) is 0 Å². The Balaban J connectivity index is 0.00000192. The number of carboxylic acids is 1. The standard InChI is InChI=1S/C17H28N2O3.ClH/c1-18(14-7-3-2-4-8-14)15(20)11-19-10-13-6-5-9-17(13,12-19)16(21)22;/h13-14H,2-12H2,1H3,(H,21,22);1H/t13-,17+;/m0./s1. The Bertz CT molecular complexity index is 453. The van der Waals surface area contributed by atoms with Crippen LogP contribution in [0.4, 0.5) is 0 Å². The Morgan fingerprint density at radius 2 is 1.87 bits per heavy atom. The number of aliphatic carboxylic acids is 1. The third-order valence-electron chi connectivity index (χ3n) is 6.24. The lowest BCUT2D eigenvalue weighted by molar-refractivity contribution is -0.149. The quantitative estimate of drug-likeness (QED) is 0.850. The van der Waals surface area contributed by atoms with E-state index in [1.165, 1.54) is 19.3 Å². The van der Waals surface area contributed by atoms with Gasteiger partial charge in [0.2, 0.25) is 5.91 Å². The van der Waals surface area contributed by atoms with E-state index >= 15 is 0 Å². The molecule has 0 aromatic carbocycles. The van der Waals surface area contributed by atoms with Gasteiger partial charge in [0.1, 0.15) is 0 Å². The summed E-state index contributed by atoms with van der Waals surface area (Å²) >= 11 is 0. The monoisotopic (exact) mass is 344 g/mol. The second-order valence-corrected chi connectivity index (χ2v) is 7.52.